The van der Waals surface area contributed by atoms with Crippen molar-refractivity contribution in [3.63, 3.8) is 0 Å². The lowest BCUT2D eigenvalue weighted by Gasteiger charge is -2.09. The Balaban J connectivity index is 1.57. The van der Waals surface area contributed by atoms with E-state index in [9.17, 15) is 14.0 Å². The first kappa shape index (κ1) is 17.6. The topological polar surface area (TPSA) is 79.8 Å². The molecular formula is C19H18FN3O3. The Morgan fingerprint density at radius 3 is 2.73 bits per heavy atom. The summed E-state index contributed by atoms with van der Waals surface area (Å²) in [5, 5.41) is 6.37. The van der Waals surface area contributed by atoms with Crippen LogP contribution in [0.3, 0.4) is 0 Å². The number of carbonyl (C=O) groups excluding carboxylic acids is 2. The molecule has 0 saturated heterocycles. The van der Waals surface area contributed by atoms with Crippen LogP contribution in [0.2, 0.25) is 0 Å². The van der Waals surface area contributed by atoms with Crippen molar-refractivity contribution >= 4 is 18.0 Å². The molecule has 134 valence electrons. The zero-order chi connectivity index (χ0) is 18.4. The van der Waals surface area contributed by atoms with E-state index < -0.39 is 11.8 Å². The van der Waals surface area contributed by atoms with E-state index in [4.69, 9.17) is 4.74 Å². The van der Waals surface area contributed by atoms with Crippen LogP contribution < -0.4 is 15.5 Å². The monoisotopic (exact) mass is 355 g/mol. The first-order chi connectivity index (χ1) is 12.6. The fourth-order valence-electron chi connectivity index (χ4n) is 2.20. The van der Waals surface area contributed by atoms with Crippen molar-refractivity contribution in [2.24, 2.45) is 5.10 Å². The fourth-order valence-corrected chi connectivity index (χ4v) is 2.20. The van der Waals surface area contributed by atoms with E-state index in [1.807, 2.05) is 0 Å². The van der Waals surface area contributed by atoms with Crippen molar-refractivity contribution in [2.45, 2.75) is 25.5 Å². The van der Waals surface area contributed by atoms with Crippen LogP contribution in [0, 0.1) is 5.82 Å². The lowest BCUT2D eigenvalue weighted by molar-refractivity contribution is -0.139. The predicted molar refractivity (Wildman–Crippen MR) is 94.1 cm³/mol. The van der Waals surface area contributed by atoms with Gasteiger partial charge in [-0.3, -0.25) is 9.59 Å². The second-order valence-electron chi connectivity index (χ2n) is 5.90. The fraction of sp³-hybridized carbons (Fsp3) is 0.211. The third-order valence-corrected chi connectivity index (χ3v) is 3.69. The second-order valence-corrected chi connectivity index (χ2v) is 5.90. The lowest BCUT2D eigenvalue weighted by Crippen LogP contribution is -2.38. The van der Waals surface area contributed by atoms with Gasteiger partial charge in [0.1, 0.15) is 18.2 Å². The van der Waals surface area contributed by atoms with Crippen molar-refractivity contribution < 1.29 is 18.7 Å². The highest BCUT2D eigenvalue weighted by Crippen LogP contribution is 2.19. The second kappa shape index (κ2) is 8.24. The molecule has 1 aliphatic carbocycles. The summed E-state index contributed by atoms with van der Waals surface area (Å²) in [4.78, 5) is 23.2. The number of amides is 2. The van der Waals surface area contributed by atoms with Crippen molar-refractivity contribution in [2.75, 3.05) is 0 Å². The number of halogens is 1. The van der Waals surface area contributed by atoms with E-state index in [-0.39, 0.29) is 18.5 Å². The highest BCUT2D eigenvalue weighted by molar-refractivity contribution is 6.35. The molecule has 1 saturated carbocycles. The largest absolute Gasteiger partial charge is 0.488 e. The Kier molecular flexibility index (Phi) is 5.58. The molecule has 0 bridgehead atoms. The van der Waals surface area contributed by atoms with Gasteiger partial charge in [-0.05, 0) is 42.7 Å². The van der Waals surface area contributed by atoms with Gasteiger partial charge in [0, 0.05) is 11.6 Å². The van der Waals surface area contributed by atoms with Crippen LogP contribution in [0.15, 0.2) is 53.6 Å². The van der Waals surface area contributed by atoms with Crippen LogP contribution in [-0.4, -0.2) is 24.1 Å². The van der Waals surface area contributed by atoms with E-state index in [1.54, 1.807) is 36.4 Å². The van der Waals surface area contributed by atoms with Crippen LogP contribution in [0.25, 0.3) is 0 Å². The van der Waals surface area contributed by atoms with E-state index in [0.29, 0.717) is 16.9 Å². The number of benzene rings is 2. The van der Waals surface area contributed by atoms with Gasteiger partial charge in [0.2, 0.25) is 0 Å². The molecule has 1 aliphatic rings. The summed E-state index contributed by atoms with van der Waals surface area (Å²) in [5.74, 6) is -1.31. The van der Waals surface area contributed by atoms with E-state index in [2.05, 4.69) is 15.8 Å². The highest BCUT2D eigenvalue weighted by Gasteiger charge is 2.26. The predicted octanol–water partition coefficient (Wildman–Crippen LogP) is 2.13. The minimum atomic E-state index is -0.814. The molecular weight excluding hydrogens is 337 g/mol. The summed E-state index contributed by atoms with van der Waals surface area (Å²) < 4.78 is 18.9. The molecule has 2 N–H and O–H groups in total. The summed E-state index contributed by atoms with van der Waals surface area (Å²) in [6.07, 6.45) is 3.19. The van der Waals surface area contributed by atoms with Crippen molar-refractivity contribution in [1.82, 2.24) is 10.7 Å². The molecule has 26 heavy (non-hydrogen) atoms. The Hall–Kier alpha value is -3.22. The maximum atomic E-state index is 13.2. The van der Waals surface area contributed by atoms with Gasteiger partial charge in [-0.25, -0.2) is 9.82 Å². The minimum absolute atomic E-state index is 0.106. The van der Waals surface area contributed by atoms with Gasteiger partial charge >= 0.3 is 11.8 Å². The van der Waals surface area contributed by atoms with Crippen LogP contribution >= 0.6 is 0 Å². The molecule has 0 atom stereocenters. The molecule has 0 unspecified atom stereocenters. The Bertz CT molecular complexity index is 834. The summed E-state index contributed by atoms with van der Waals surface area (Å²) in [5.41, 5.74) is 3.50. The number of para-hydroxylation sites is 1. The first-order valence-electron chi connectivity index (χ1n) is 8.22. The molecule has 6 nitrogen and oxygen atoms in total. The number of rotatable bonds is 6. The van der Waals surface area contributed by atoms with Crippen LogP contribution in [0.1, 0.15) is 24.0 Å². The minimum Gasteiger partial charge on any atom is -0.488 e. The number of carbonyl (C=O) groups is 2. The van der Waals surface area contributed by atoms with Gasteiger partial charge in [-0.15, -0.1) is 0 Å². The zero-order valence-corrected chi connectivity index (χ0v) is 13.9. The average Bonchev–Trinajstić information content (AvgIpc) is 3.45. The molecule has 1 fully saturated rings. The Labute approximate surface area is 150 Å². The van der Waals surface area contributed by atoms with Crippen LogP contribution in [0.4, 0.5) is 4.39 Å². The average molecular weight is 355 g/mol. The third-order valence-electron chi connectivity index (χ3n) is 3.69. The number of hydrazone groups is 1. The summed E-state index contributed by atoms with van der Waals surface area (Å²) >= 11 is 0. The van der Waals surface area contributed by atoms with Gasteiger partial charge in [-0.2, -0.15) is 5.10 Å². The van der Waals surface area contributed by atoms with E-state index in [1.165, 1.54) is 18.3 Å². The van der Waals surface area contributed by atoms with Gasteiger partial charge in [0.15, 0.2) is 0 Å². The molecule has 2 amide bonds. The van der Waals surface area contributed by atoms with Crippen molar-refractivity contribution in [3.05, 3.63) is 65.5 Å². The summed E-state index contributed by atoms with van der Waals surface area (Å²) in [7, 11) is 0. The molecule has 3 rings (SSSR count). The Morgan fingerprint density at radius 1 is 1.15 bits per heavy atom. The SMILES string of the molecule is O=C(N/N=C\c1ccccc1OCc1cccc(F)c1)C(=O)NC1CC1. The molecule has 0 aromatic heterocycles. The normalized spacial score (nSPS) is 13.4. The molecule has 7 heteroatoms. The Morgan fingerprint density at radius 2 is 1.96 bits per heavy atom. The van der Waals surface area contributed by atoms with E-state index in [0.717, 1.165) is 12.8 Å². The summed E-state index contributed by atoms with van der Waals surface area (Å²) in [6.45, 7) is 0.193. The van der Waals surface area contributed by atoms with Crippen LogP contribution in [-0.2, 0) is 16.2 Å². The van der Waals surface area contributed by atoms with Gasteiger partial charge in [0.25, 0.3) is 0 Å². The molecule has 0 heterocycles. The third kappa shape index (κ3) is 5.14. The number of hydrogen-bond acceptors (Lipinski definition) is 4. The number of nitrogens with zero attached hydrogens (tertiary/aromatic N) is 1. The first-order valence-corrected chi connectivity index (χ1v) is 8.22. The lowest BCUT2D eigenvalue weighted by atomic mass is 10.2. The molecule has 2 aromatic carbocycles. The van der Waals surface area contributed by atoms with Crippen molar-refractivity contribution in [3.8, 4) is 5.75 Å². The maximum absolute atomic E-state index is 13.2. The van der Waals surface area contributed by atoms with E-state index >= 15 is 0 Å². The maximum Gasteiger partial charge on any atom is 0.329 e. The number of nitrogens with one attached hydrogen (secondary N) is 2. The molecule has 0 spiro atoms. The van der Waals surface area contributed by atoms with Crippen LogP contribution in [0.5, 0.6) is 5.75 Å². The van der Waals surface area contributed by atoms with Crippen molar-refractivity contribution in [1.29, 1.82) is 0 Å². The highest BCUT2D eigenvalue weighted by atomic mass is 19.1. The molecule has 2 aromatic rings. The summed E-state index contributed by atoms with van der Waals surface area (Å²) in [6, 6.07) is 13.3. The quantitative estimate of drug-likeness (QED) is 0.473. The zero-order valence-electron chi connectivity index (χ0n) is 13.9. The molecule has 0 aliphatic heterocycles. The standard InChI is InChI=1S/C19H18FN3O3/c20-15-6-3-4-13(10-15)12-26-17-7-2-1-5-14(17)11-21-23-19(25)18(24)22-16-8-9-16/h1-7,10-11,16H,8-9,12H2,(H,22,24)(H,23,25)/b21-11-. The number of ether oxygens (including phenoxy) is 1. The number of hydrogen-bond donors (Lipinski definition) is 2. The van der Waals surface area contributed by atoms with Gasteiger partial charge < -0.3 is 10.1 Å². The molecule has 0 radical (unpaired) electrons. The van der Waals surface area contributed by atoms with Gasteiger partial charge in [0.05, 0.1) is 6.21 Å². The van der Waals surface area contributed by atoms with Gasteiger partial charge in [-0.1, -0.05) is 24.3 Å². The smallest absolute Gasteiger partial charge is 0.329 e.